The van der Waals surface area contributed by atoms with E-state index < -0.39 is 24.0 Å². The molecular formula is C20H22FN3O6. The molecule has 1 aliphatic heterocycles. The van der Waals surface area contributed by atoms with Gasteiger partial charge in [0.2, 0.25) is 5.75 Å². The summed E-state index contributed by atoms with van der Waals surface area (Å²) in [4.78, 5) is 25.7. The number of benzene rings is 2. The van der Waals surface area contributed by atoms with Crippen molar-refractivity contribution in [2.75, 3.05) is 44.6 Å². The Balaban J connectivity index is 1.57. The number of rotatable bonds is 7. The van der Waals surface area contributed by atoms with Gasteiger partial charge >= 0.3 is 12.1 Å². The third-order valence-corrected chi connectivity index (χ3v) is 4.43. The summed E-state index contributed by atoms with van der Waals surface area (Å²) >= 11 is 0. The largest absolute Gasteiger partial charge is 0.493 e. The second-order valence-electron chi connectivity index (χ2n) is 6.34. The highest BCUT2D eigenvalue weighted by Crippen LogP contribution is 2.39. The standard InChI is InChI=1S/C20H22FN3O6/c1-27-16-8-13(9-17(28-2)18(16)29-3)23-19(25)22-10-15-11-24(20(26)30-15)14-6-4-12(21)5-7-14/h4-9,15H,10-11H2,1-3H3,(H2,22,23,25)/t15-/m1/s1. The van der Waals surface area contributed by atoms with Gasteiger partial charge in [0.25, 0.3) is 0 Å². The summed E-state index contributed by atoms with van der Waals surface area (Å²) in [5.74, 6) is 0.802. The molecule has 9 nitrogen and oxygen atoms in total. The fourth-order valence-electron chi connectivity index (χ4n) is 2.99. The Kier molecular flexibility index (Phi) is 6.45. The Labute approximate surface area is 172 Å². The molecule has 1 heterocycles. The maximum atomic E-state index is 13.1. The minimum atomic E-state index is -0.557. The maximum absolute atomic E-state index is 13.1. The van der Waals surface area contributed by atoms with Crippen LogP contribution in [0.4, 0.5) is 25.4 Å². The summed E-state index contributed by atoms with van der Waals surface area (Å²) in [7, 11) is 4.43. The number of anilines is 2. The first-order chi connectivity index (χ1) is 14.4. The smallest absolute Gasteiger partial charge is 0.414 e. The highest BCUT2D eigenvalue weighted by Gasteiger charge is 2.32. The van der Waals surface area contributed by atoms with Gasteiger partial charge in [0.15, 0.2) is 11.5 Å². The molecule has 160 valence electrons. The Morgan fingerprint density at radius 2 is 1.77 bits per heavy atom. The Morgan fingerprint density at radius 3 is 2.33 bits per heavy atom. The van der Waals surface area contributed by atoms with Gasteiger partial charge in [0, 0.05) is 17.8 Å². The number of carbonyl (C=O) groups is 2. The van der Waals surface area contributed by atoms with Crippen molar-refractivity contribution >= 4 is 23.5 Å². The average molecular weight is 419 g/mol. The molecule has 1 atom stereocenters. The Hall–Kier alpha value is -3.69. The first-order valence-electron chi connectivity index (χ1n) is 9.03. The molecule has 3 rings (SSSR count). The van der Waals surface area contributed by atoms with Gasteiger partial charge in [-0.1, -0.05) is 0 Å². The third kappa shape index (κ3) is 4.65. The lowest BCUT2D eigenvalue weighted by Gasteiger charge is -2.15. The maximum Gasteiger partial charge on any atom is 0.414 e. The van der Waals surface area contributed by atoms with Crippen molar-refractivity contribution < 1.29 is 32.9 Å². The van der Waals surface area contributed by atoms with Crippen molar-refractivity contribution in [2.24, 2.45) is 0 Å². The van der Waals surface area contributed by atoms with E-state index in [9.17, 15) is 14.0 Å². The van der Waals surface area contributed by atoms with Gasteiger partial charge < -0.3 is 29.6 Å². The molecule has 0 aromatic heterocycles. The van der Waals surface area contributed by atoms with Crippen LogP contribution in [0.2, 0.25) is 0 Å². The van der Waals surface area contributed by atoms with Crippen LogP contribution in [-0.2, 0) is 4.74 Å². The minimum absolute atomic E-state index is 0.0969. The van der Waals surface area contributed by atoms with Crippen LogP contribution in [0.3, 0.4) is 0 Å². The van der Waals surface area contributed by atoms with Crippen molar-refractivity contribution in [3.63, 3.8) is 0 Å². The van der Waals surface area contributed by atoms with Gasteiger partial charge in [-0.2, -0.15) is 0 Å². The van der Waals surface area contributed by atoms with Crippen LogP contribution >= 0.6 is 0 Å². The van der Waals surface area contributed by atoms with Crippen molar-refractivity contribution in [1.29, 1.82) is 0 Å². The van der Waals surface area contributed by atoms with Crippen LogP contribution < -0.4 is 29.7 Å². The number of methoxy groups -OCH3 is 3. The Morgan fingerprint density at radius 1 is 1.13 bits per heavy atom. The van der Waals surface area contributed by atoms with Gasteiger partial charge in [-0.15, -0.1) is 0 Å². The van der Waals surface area contributed by atoms with Gasteiger partial charge in [-0.3, -0.25) is 4.90 Å². The fourth-order valence-corrected chi connectivity index (χ4v) is 2.99. The topological polar surface area (TPSA) is 98.4 Å². The second-order valence-corrected chi connectivity index (χ2v) is 6.34. The summed E-state index contributed by atoms with van der Waals surface area (Å²) in [6, 6.07) is 8.19. The molecule has 2 N–H and O–H groups in total. The molecule has 2 aromatic rings. The normalized spacial score (nSPS) is 15.4. The molecule has 30 heavy (non-hydrogen) atoms. The zero-order valence-corrected chi connectivity index (χ0v) is 16.7. The summed E-state index contributed by atoms with van der Waals surface area (Å²) < 4.78 is 34.1. The first kappa shape index (κ1) is 21.0. The number of nitrogens with one attached hydrogen (secondary N) is 2. The molecule has 3 amide bonds. The van der Waals surface area contributed by atoms with Crippen molar-refractivity contribution in [2.45, 2.75) is 6.10 Å². The molecule has 1 aliphatic rings. The van der Waals surface area contributed by atoms with Crippen molar-refractivity contribution in [3.05, 3.63) is 42.2 Å². The SMILES string of the molecule is COc1cc(NC(=O)NC[C@@H]2CN(c3ccc(F)cc3)C(=O)O2)cc(OC)c1OC. The van der Waals surface area contributed by atoms with E-state index in [1.54, 1.807) is 12.1 Å². The molecule has 1 saturated heterocycles. The van der Waals surface area contributed by atoms with Gasteiger partial charge in [-0.25, -0.2) is 14.0 Å². The van der Waals surface area contributed by atoms with E-state index in [2.05, 4.69) is 10.6 Å². The van der Waals surface area contributed by atoms with E-state index in [0.717, 1.165) is 0 Å². The number of nitrogens with zero attached hydrogens (tertiary/aromatic N) is 1. The van der Waals surface area contributed by atoms with E-state index in [1.165, 1.54) is 50.5 Å². The average Bonchev–Trinajstić information content (AvgIpc) is 3.12. The molecule has 2 aromatic carbocycles. The molecule has 0 saturated carbocycles. The number of halogens is 1. The summed E-state index contributed by atoms with van der Waals surface area (Å²) in [5, 5.41) is 5.32. The Bertz CT molecular complexity index is 896. The lowest BCUT2D eigenvalue weighted by atomic mass is 10.2. The molecule has 10 heteroatoms. The number of carbonyl (C=O) groups excluding carboxylic acids is 2. The summed E-state index contributed by atoms with van der Waals surface area (Å²) in [6.45, 7) is 0.328. The van der Waals surface area contributed by atoms with Crippen LogP contribution in [0.1, 0.15) is 0 Å². The third-order valence-electron chi connectivity index (χ3n) is 4.43. The van der Waals surface area contributed by atoms with Crippen LogP contribution in [0, 0.1) is 5.82 Å². The fraction of sp³-hybridized carbons (Fsp3) is 0.300. The quantitative estimate of drug-likeness (QED) is 0.716. The number of cyclic esters (lactones) is 1. The van der Waals surface area contributed by atoms with Crippen molar-refractivity contribution in [3.8, 4) is 17.2 Å². The van der Waals surface area contributed by atoms with Crippen LogP contribution in [0.15, 0.2) is 36.4 Å². The molecule has 0 radical (unpaired) electrons. The number of amides is 3. The van der Waals surface area contributed by atoms with E-state index >= 15 is 0 Å². The van der Waals surface area contributed by atoms with Crippen LogP contribution in [0.25, 0.3) is 0 Å². The highest BCUT2D eigenvalue weighted by atomic mass is 19.1. The van der Waals surface area contributed by atoms with E-state index in [0.29, 0.717) is 28.6 Å². The summed E-state index contributed by atoms with van der Waals surface area (Å²) in [5.41, 5.74) is 0.948. The van der Waals surface area contributed by atoms with E-state index in [4.69, 9.17) is 18.9 Å². The molecule has 0 aliphatic carbocycles. The number of ether oxygens (including phenoxy) is 4. The molecule has 0 bridgehead atoms. The van der Waals surface area contributed by atoms with Crippen molar-refractivity contribution in [1.82, 2.24) is 5.32 Å². The summed E-state index contributed by atoms with van der Waals surface area (Å²) in [6.07, 6.45) is -1.10. The van der Waals surface area contributed by atoms with E-state index in [1.807, 2.05) is 0 Å². The molecule has 0 spiro atoms. The molecule has 0 unspecified atom stereocenters. The lowest BCUT2D eigenvalue weighted by molar-refractivity contribution is 0.141. The monoisotopic (exact) mass is 419 g/mol. The highest BCUT2D eigenvalue weighted by molar-refractivity contribution is 5.91. The number of hydrogen-bond donors (Lipinski definition) is 2. The predicted octanol–water partition coefficient (Wildman–Crippen LogP) is 3.00. The lowest BCUT2D eigenvalue weighted by Crippen LogP contribution is -2.37. The second kappa shape index (κ2) is 9.21. The zero-order valence-electron chi connectivity index (χ0n) is 16.7. The minimum Gasteiger partial charge on any atom is -0.493 e. The number of hydrogen-bond acceptors (Lipinski definition) is 6. The predicted molar refractivity (Wildman–Crippen MR) is 107 cm³/mol. The van der Waals surface area contributed by atoms with Gasteiger partial charge in [-0.05, 0) is 24.3 Å². The zero-order chi connectivity index (χ0) is 21.7. The van der Waals surface area contributed by atoms with Crippen LogP contribution in [0.5, 0.6) is 17.2 Å². The van der Waals surface area contributed by atoms with Gasteiger partial charge in [0.05, 0.1) is 40.1 Å². The molecule has 1 fully saturated rings. The van der Waals surface area contributed by atoms with E-state index in [-0.39, 0.29) is 13.1 Å². The number of urea groups is 1. The van der Waals surface area contributed by atoms with Crippen LogP contribution in [-0.4, -0.2) is 52.6 Å². The van der Waals surface area contributed by atoms with Gasteiger partial charge in [0.1, 0.15) is 11.9 Å². The molecular weight excluding hydrogens is 397 g/mol. The first-order valence-corrected chi connectivity index (χ1v) is 9.03.